The summed E-state index contributed by atoms with van der Waals surface area (Å²) in [4.78, 5) is 12.1. The Bertz CT molecular complexity index is 946. The van der Waals surface area contributed by atoms with E-state index in [0.717, 1.165) is 42.5 Å². The van der Waals surface area contributed by atoms with Crippen molar-refractivity contribution in [1.29, 1.82) is 0 Å². The maximum atomic E-state index is 14.2. The molecule has 0 amide bonds. The first-order chi connectivity index (χ1) is 12.7. The number of aromatic nitrogens is 3. The number of nitrogens with zero attached hydrogens (tertiary/aromatic N) is 3. The molecular weight excluding hydrogens is 336 g/mol. The predicted octanol–water partition coefficient (Wildman–Crippen LogP) is 4.27. The van der Waals surface area contributed by atoms with Gasteiger partial charge in [-0.15, -0.1) is 0 Å². The van der Waals surface area contributed by atoms with Gasteiger partial charge in [-0.1, -0.05) is 6.07 Å². The van der Waals surface area contributed by atoms with E-state index in [0.29, 0.717) is 17.1 Å². The van der Waals surface area contributed by atoms with E-state index in [-0.39, 0.29) is 6.61 Å². The number of fused-ring (bicyclic) bond motifs is 1. The average molecular weight is 353 g/mol. The third-order valence-electron chi connectivity index (χ3n) is 4.47. The van der Waals surface area contributed by atoms with Crippen molar-refractivity contribution in [3.63, 3.8) is 0 Å². The first-order valence-electron chi connectivity index (χ1n) is 8.58. The molecule has 0 unspecified atom stereocenters. The van der Waals surface area contributed by atoms with Crippen LogP contribution in [-0.2, 0) is 19.4 Å². The maximum Gasteiger partial charge on any atom is 0.220 e. The minimum absolute atomic E-state index is 0.0957. The zero-order valence-electron chi connectivity index (χ0n) is 14.1. The second-order valence-electron chi connectivity index (χ2n) is 6.22. The molecule has 0 spiro atoms. The molecule has 3 aromatic rings. The van der Waals surface area contributed by atoms with Gasteiger partial charge < -0.3 is 4.74 Å². The van der Waals surface area contributed by atoms with E-state index in [1.807, 2.05) is 0 Å². The largest absolute Gasteiger partial charge is 0.471 e. The standard InChI is InChI=1S/C20H17F2N3O/c21-18-9-3-5-13(24-18)12-26-19-11-16(15-7-4-10-23-20(15)22)14-6-1-2-8-17(14)25-19/h3-5,7,9-11H,1-2,6,8,12H2. The minimum Gasteiger partial charge on any atom is -0.471 e. The molecule has 0 saturated heterocycles. The Balaban J connectivity index is 1.70. The molecule has 132 valence electrons. The molecule has 0 bridgehead atoms. The molecular formula is C20H17F2N3O. The molecule has 4 nitrogen and oxygen atoms in total. The topological polar surface area (TPSA) is 47.9 Å². The number of aryl methyl sites for hydroxylation is 1. The third kappa shape index (κ3) is 3.40. The van der Waals surface area contributed by atoms with Crippen LogP contribution in [0.5, 0.6) is 5.88 Å². The molecule has 4 rings (SSSR count). The molecule has 0 radical (unpaired) electrons. The van der Waals surface area contributed by atoms with Crippen molar-refractivity contribution in [3.8, 4) is 17.0 Å². The van der Waals surface area contributed by atoms with E-state index in [2.05, 4.69) is 15.0 Å². The van der Waals surface area contributed by atoms with Gasteiger partial charge in [0.05, 0.1) is 5.69 Å². The van der Waals surface area contributed by atoms with Gasteiger partial charge in [-0.05, 0) is 61.1 Å². The normalized spacial score (nSPS) is 13.3. The van der Waals surface area contributed by atoms with Crippen molar-refractivity contribution in [2.45, 2.75) is 32.3 Å². The summed E-state index contributed by atoms with van der Waals surface area (Å²) >= 11 is 0. The first kappa shape index (κ1) is 16.6. The fourth-order valence-electron chi connectivity index (χ4n) is 3.26. The van der Waals surface area contributed by atoms with Crippen molar-refractivity contribution in [1.82, 2.24) is 15.0 Å². The maximum absolute atomic E-state index is 14.2. The van der Waals surface area contributed by atoms with E-state index >= 15 is 0 Å². The Kier molecular flexibility index (Phi) is 4.56. The number of halogens is 2. The molecule has 3 heterocycles. The molecule has 0 aliphatic heterocycles. The Hall–Kier alpha value is -2.89. The van der Waals surface area contributed by atoms with Crippen molar-refractivity contribution in [3.05, 3.63) is 71.4 Å². The number of rotatable bonds is 4. The third-order valence-corrected chi connectivity index (χ3v) is 4.47. The van der Waals surface area contributed by atoms with Crippen LogP contribution in [0.2, 0.25) is 0 Å². The van der Waals surface area contributed by atoms with Gasteiger partial charge in [-0.25, -0.2) is 15.0 Å². The fraction of sp³-hybridized carbons (Fsp3) is 0.250. The first-order valence-corrected chi connectivity index (χ1v) is 8.58. The molecule has 0 saturated carbocycles. The molecule has 6 heteroatoms. The summed E-state index contributed by atoms with van der Waals surface area (Å²) in [6.07, 6.45) is 5.22. The van der Waals surface area contributed by atoms with Crippen LogP contribution in [0.4, 0.5) is 8.78 Å². The van der Waals surface area contributed by atoms with Crippen LogP contribution in [0.1, 0.15) is 29.8 Å². The van der Waals surface area contributed by atoms with Crippen LogP contribution >= 0.6 is 0 Å². The summed E-state index contributed by atoms with van der Waals surface area (Å²) in [5, 5.41) is 0. The molecule has 0 atom stereocenters. The van der Waals surface area contributed by atoms with E-state index in [9.17, 15) is 8.78 Å². The highest BCUT2D eigenvalue weighted by atomic mass is 19.1. The van der Waals surface area contributed by atoms with Gasteiger partial charge in [0, 0.05) is 23.5 Å². The van der Waals surface area contributed by atoms with Crippen LogP contribution in [0.25, 0.3) is 11.1 Å². The van der Waals surface area contributed by atoms with Gasteiger partial charge in [0.1, 0.15) is 6.61 Å². The Morgan fingerprint density at radius 1 is 0.962 bits per heavy atom. The quantitative estimate of drug-likeness (QED) is 0.657. The van der Waals surface area contributed by atoms with Crippen molar-refractivity contribution < 1.29 is 13.5 Å². The number of hydrogen-bond acceptors (Lipinski definition) is 4. The van der Waals surface area contributed by atoms with Gasteiger partial charge in [-0.2, -0.15) is 8.78 Å². The van der Waals surface area contributed by atoms with Crippen LogP contribution in [0.15, 0.2) is 42.6 Å². The van der Waals surface area contributed by atoms with Crippen LogP contribution in [-0.4, -0.2) is 15.0 Å². The lowest BCUT2D eigenvalue weighted by Crippen LogP contribution is -2.10. The highest BCUT2D eigenvalue weighted by molar-refractivity contribution is 5.69. The zero-order valence-corrected chi connectivity index (χ0v) is 14.1. The lowest BCUT2D eigenvalue weighted by molar-refractivity contribution is 0.286. The van der Waals surface area contributed by atoms with Gasteiger partial charge in [0.2, 0.25) is 17.8 Å². The Morgan fingerprint density at radius 2 is 1.85 bits per heavy atom. The highest BCUT2D eigenvalue weighted by Crippen LogP contribution is 2.34. The molecule has 0 fully saturated rings. The molecule has 1 aliphatic carbocycles. The van der Waals surface area contributed by atoms with Crippen LogP contribution < -0.4 is 4.74 Å². The van der Waals surface area contributed by atoms with E-state index in [4.69, 9.17) is 4.74 Å². The average Bonchev–Trinajstić information content (AvgIpc) is 2.66. The summed E-state index contributed by atoms with van der Waals surface area (Å²) in [5.74, 6) is -0.679. The summed E-state index contributed by atoms with van der Waals surface area (Å²) in [7, 11) is 0. The predicted molar refractivity (Wildman–Crippen MR) is 92.6 cm³/mol. The monoisotopic (exact) mass is 353 g/mol. The lowest BCUT2D eigenvalue weighted by Gasteiger charge is -2.20. The smallest absolute Gasteiger partial charge is 0.220 e. The molecule has 0 aromatic carbocycles. The van der Waals surface area contributed by atoms with Gasteiger partial charge in [0.25, 0.3) is 0 Å². The zero-order chi connectivity index (χ0) is 17.9. The number of ether oxygens (including phenoxy) is 1. The van der Waals surface area contributed by atoms with E-state index in [1.165, 1.54) is 12.3 Å². The van der Waals surface area contributed by atoms with Crippen LogP contribution in [0.3, 0.4) is 0 Å². The fourth-order valence-corrected chi connectivity index (χ4v) is 3.26. The summed E-state index contributed by atoms with van der Waals surface area (Å²) in [6, 6.07) is 9.71. The Morgan fingerprint density at radius 3 is 2.69 bits per heavy atom. The summed E-state index contributed by atoms with van der Waals surface area (Å²) in [5.41, 5.74) is 3.67. The summed E-state index contributed by atoms with van der Waals surface area (Å²) in [6.45, 7) is 0.0957. The van der Waals surface area contributed by atoms with Crippen LogP contribution in [0, 0.1) is 11.9 Å². The second-order valence-corrected chi connectivity index (χ2v) is 6.22. The summed E-state index contributed by atoms with van der Waals surface area (Å²) < 4.78 is 33.2. The molecule has 3 aromatic heterocycles. The van der Waals surface area contributed by atoms with Crippen molar-refractivity contribution >= 4 is 0 Å². The van der Waals surface area contributed by atoms with Crippen molar-refractivity contribution in [2.75, 3.05) is 0 Å². The van der Waals surface area contributed by atoms with E-state index in [1.54, 1.807) is 30.3 Å². The molecule has 26 heavy (non-hydrogen) atoms. The van der Waals surface area contributed by atoms with Gasteiger partial charge in [-0.3, -0.25) is 0 Å². The second kappa shape index (κ2) is 7.15. The number of hydrogen-bond donors (Lipinski definition) is 0. The SMILES string of the molecule is Fc1cccc(COc2cc(-c3cccnc3F)c3c(n2)CCCC3)n1. The lowest BCUT2D eigenvalue weighted by atomic mass is 9.89. The minimum atomic E-state index is -0.553. The Labute approximate surface area is 149 Å². The van der Waals surface area contributed by atoms with Gasteiger partial charge >= 0.3 is 0 Å². The number of pyridine rings is 3. The van der Waals surface area contributed by atoms with Gasteiger partial charge in [0.15, 0.2) is 0 Å². The van der Waals surface area contributed by atoms with E-state index < -0.39 is 11.9 Å². The van der Waals surface area contributed by atoms with Crippen molar-refractivity contribution in [2.24, 2.45) is 0 Å². The molecule has 0 N–H and O–H groups in total. The molecule has 1 aliphatic rings. The highest BCUT2D eigenvalue weighted by Gasteiger charge is 2.20.